The molecule has 0 atom stereocenters. The van der Waals surface area contributed by atoms with E-state index in [0.717, 1.165) is 12.1 Å². The van der Waals surface area contributed by atoms with Gasteiger partial charge in [-0.15, -0.1) is 5.10 Å². The van der Waals surface area contributed by atoms with Gasteiger partial charge in [-0.1, -0.05) is 30.7 Å². The third kappa shape index (κ3) is 2.63. The van der Waals surface area contributed by atoms with Gasteiger partial charge >= 0.3 is 0 Å². The monoisotopic (exact) mass is 292 g/mol. The highest BCUT2D eigenvalue weighted by Crippen LogP contribution is 2.25. The molecule has 0 fully saturated rings. The van der Waals surface area contributed by atoms with Crippen molar-refractivity contribution >= 4 is 0 Å². The van der Waals surface area contributed by atoms with Crippen LogP contribution in [-0.2, 0) is 6.42 Å². The first kappa shape index (κ1) is 14.1. The molecule has 1 aromatic carbocycles. The summed E-state index contributed by atoms with van der Waals surface area (Å²) in [6, 6.07) is 13.8. The first-order valence-corrected chi connectivity index (χ1v) is 7.32. The summed E-state index contributed by atoms with van der Waals surface area (Å²) in [5.41, 5.74) is 2.99. The van der Waals surface area contributed by atoms with Crippen LogP contribution in [0, 0.1) is 11.3 Å². The Morgan fingerprint density at radius 1 is 1.23 bits per heavy atom. The molecule has 22 heavy (non-hydrogen) atoms. The molecule has 3 rings (SSSR count). The Labute approximate surface area is 128 Å². The third-order valence-corrected chi connectivity index (χ3v) is 3.53. The number of nitrogens with zero attached hydrogens (tertiary/aromatic N) is 4. The molecular weight excluding hydrogens is 276 g/mol. The fraction of sp³-hybridized carbons (Fsp3) is 0.235. The molecule has 3 aromatic rings. The lowest BCUT2D eigenvalue weighted by Gasteiger charge is -2.06. The van der Waals surface area contributed by atoms with Crippen LogP contribution in [0.15, 0.2) is 47.1 Å². The van der Waals surface area contributed by atoms with E-state index < -0.39 is 0 Å². The molecule has 0 aliphatic heterocycles. The van der Waals surface area contributed by atoms with Crippen LogP contribution in [0.3, 0.4) is 0 Å². The highest BCUT2D eigenvalue weighted by molar-refractivity contribution is 5.62. The molecule has 2 heterocycles. The summed E-state index contributed by atoms with van der Waals surface area (Å²) >= 11 is 0. The van der Waals surface area contributed by atoms with Gasteiger partial charge in [-0.25, -0.2) is 4.68 Å². The van der Waals surface area contributed by atoms with Gasteiger partial charge in [0, 0.05) is 0 Å². The molecule has 5 nitrogen and oxygen atoms in total. The Hall–Kier alpha value is -2.87. The molecule has 0 unspecified atom stereocenters. The highest BCUT2D eigenvalue weighted by Gasteiger charge is 2.18. The van der Waals surface area contributed by atoms with Gasteiger partial charge in [-0.2, -0.15) is 5.26 Å². The molecule has 0 aliphatic carbocycles. The first-order valence-electron chi connectivity index (χ1n) is 7.32. The maximum absolute atomic E-state index is 9.21. The van der Waals surface area contributed by atoms with Crippen LogP contribution in [0.2, 0.25) is 0 Å². The standard InChI is InChI=1S/C17H16N4O/c1-2-3-5-13-7-9-14(10-8-13)21-17(15(12-18)19-20-21)16-6-4-11-22-16/h4,6-11H,2-3,5H2,1H3. The van der Waals surface area contributed by atoms with Gasteiger partial charge in [0.2, 0.25) is 0 Å². The van der Waals surface area contributed by atoms with E-state index in [9.17, 15) is 5.26 Å². The second kappa shape index (κ2) is 6.27. The third-order valence-electron chi connectivity index (χ3n) is 3.53. The van der Waals surface area contributed by atoms with E-state index in [2.05, 4.69) is 35.4 Å². The predicted molar refractivity (Wildman–Crippen MR) is 82.4 cm³/mol. The van der Waals surface area contributed by atoms with Crippen molar-refractivity contribution < 1.29 is 4.42 Å². The van der Waals surface area contributed by atoms with E-state index in [4.69, 9.17) is 4.42 Å². The number of furan rings is 1. The average Bonchev–Trinajstić information content (AvgIpc) is 3.21. The lowest BCUT2D eigenvalue weighted by atomic mass is 10.1. The largest absolute Gasteiger partial charge is 0.463 e. The molecule has 5 heteroatoms. The fourth-order valence-corrected chi connectivity index (χ4v) is 2.36. The average molecular weight is 292 g/mol. The summed E-state index contributed by atoms with van der Waals surface area (Å²) in [4.78, 5) is 0. The maximum Gasteiger partial charge on any atom is 0.194 e. The van der Waals surface area contributed by atoms with Gasteiger partial charge in [-0.05, 0) is 42.7 Å². The number of hydrogen-bond donors (Lipinski definition) is 0. The Bertz CT molecular complexity index is 779. The minimum atomic E-state index is 0.255. The maximum atomic E-state index is 9.21. The van der Waals surface area contributed by atoms with Gasteiger partial charge < -0.3 is 4.42 Å². The molecule has 0 bridgehead atoms. The van der Waals surface area contributed by atoms with Crippen LogP contribution in [0.5, 0.6) is 0 Å². The van der Waals surface area contributed by atoms with E-state index in [0.29, 0.717) is 11.5 Å². The van der Waals surface area contributed by atoms with Crippen LogP contribution in [0.25, 0.3) is 17.1 Å². The van der Waals surface area contributed by atoms with Crippen molar-refractivity contribution in [1.29, 1.82) is 5.26 Å². The summed E-state index contributed by atoms with van der Waals surface area (Å²) in [7, 11) is 0. The Kier molecular flexibility index (Phi) is 4.01. The summed E-state index contributed by atoms with van der Waals surface area (Å²) in [5, 5.41) is 17.2. The van der Waals surface area contributed by atoms with Crippen molar-refractivity contribution in [3.05, 3.63) is 53.9 Å². The number of rotatable bonds is 5. The Morgan fingerprint density at radius 3 is 2.68 bits per heavy atom. The smallest absolute Gasteiger partial charge is 0.194 e. The summed E-state index contributed by atoms with van der Waals surface area (Å²) in [6.45, 7) is 2.18. The molecule has 0 radical (unpaired) electrons. The van der Waals surface area contributed by atoms with Crippen molar-refractivity contribution in [3.63, 3.8) is 0 Å². The quantitative estimate of drug-likeness (QED) is 0.718. The van der Waals surface area contributed by atoms with Gasteiger partial charge in [0.05, 0.1) is 12.0 Å². The van der Waals surface area contributed by atoms with Crippen molar-refractivity contribution in [2.45, 2.75) is 26.2 Å². The van der Waals surface area contributed by atoms with Crippen molar-refractivity contribution in [2.75, 3.05) is 0 Å². The van der Waals surface area contributed by atoms with E-state index in [1.165, 1.54) is 18.4 Å². The minimum Gasteiger partial charge on any atom is -0.463 e. The second-order valence-electron chi connectivity index (χ2n) is 5.06. The molecule has 0 spiro atoms. The zero-order chi connectivity index (χ0) is 15.4. The summed E-state index contributed by atoms with van der Waals surface area (Å²) in [6.07, 6.45) is 5.00. The normalized spacial score (nSPS) is 10.5. The van der Waals surface area contributed by atoms with Crippen LogP contribution in [-0.4, -0.2) is 15.0 Å². The van der Waals surface area contributed by atoms with Crippen molar-refractivity contribution in [3.8, 4) is 23.2 Å². The lowest BCUT2D eigenvalue weighted by molar-refractivity contribution is 0.576. The van der Waals surface area contributed by atoms with Gasteiger partial charge in [-0.3, -0.25) is 0 Å². The van der Waals surface area contributed by atoms with Crippen LogP contribution < -0.4 is 0 Å². The Morgan fingerprint density at radius 2 is 2.05 bits per heavy atom. The minimum absolute atomic E-state index is 0.255. The topological polar surface area (TPSA) is 67.6 Å². The molecule has 110 valence electrons. The Balaban J connectivity index is 1.99. The molecule has 0 N–H and O–H groups in total. The zero-order valence-electron chi connectivity index (χ0n) is 12.4. The van der Waals surface area contributed by atoms with Crippen LogP contribution >= 0.6 is 0 Å². The number of nitriles is 1. The van der Waals surface area contributed by atoms with E-state index in [-0.39, 0.29) is 5.69 Å². The molecule has 2 aromatic heterocycles. The van der Waals surface area contributed by atoms with E-state index in [1.807, 2.05) is 12.1 Å². The molecule has 0 aliphatic rings. The number of benzene rings is 1. The second-order valence-corrected chi connectivity index (χ2v) is 5.06. The van der Waals surface area contributed by atoms with Gasteiger partial charge in [0.25, 0.3) is 0 Å². The number of hydrogen-bond acceptors (Lipinski definition) is 4. The van der Waals surface area contributed by atoms with Gasteiger partial charge in [0.15, 0.2) is 11.5 Å². The first-order chi connectivity index (χ1) is 10.8. The lowest BCUT2D eigenvalue weighted by Crippen LogP contribution is -1.99. The van der Waals surface area contributed by atoms with E-state index >= 15 is 0 Å². The highest BCUT2D eigenvalue weighted by atomic mass is 16.3. The molecular formula is C17H16N4O. The molecule has 0 amide bonds. The van der Waals surface area contributed by atoms with Gasteiger partial charge in [0.1, 0.15) is 11.8 Å². The predicted octanol–water partition coefficient (Wildman–Crippen LogP) is 3.74. The summed E-state index contributed by atoms with van der Waals surface area (Å²) < 4.78 is 7.05. The van der Waals surface area contributed by atoms with Crippen molar-refractivity contribution in [2.24, 2.45) is 0 Å². The number of aromatic nitrogens is 3. The molecule has 0 saturated carbocycles. The zero-order valence-corrected chi connectivity index (χ0v) is 12.4. The number of unbranched alkanes of at least 4 members (excludes halogenated alkanes) is 1. The van der Waals surface area contributed by atoms with Crippen LogP contribution in [0.4, 0.5) is 0 Å². The number of aryl methyl sites for hydroxylation is 1. The molecule has 0 saturated heterocycles. The SMILES string of the molecule is CCCCc1ccc(-n2nnc(C#N)c2-c2ccco2)cc1. The summed E-state index contributed by atoms with van der Waals surface area (Å²) in [5.74, 6) is 0.580. The van der Waals surface area contributed by atoms with E-state index in [1.54, 1.807) is 23.1 Å². The van der Waals surface area contributed by atoms with Crippen LogP contribution in [0.1, 0.15) is 31.0 Å². The fourth-order valence-electron chi connectivity index (χ4n) is 2.36. The van der Waals surface area contributed by atoms with Crippen molar-refractivity contribution in [1.82, 2.24) is 15.0 Å².